The van der Waals surface area contributed by atoms with Crippen molar-refractivity contribution in [1.29, 1.82) is 0 Å². The Morgan fingerprint density at radius 2 is 2.21 bits per heavy atom. The second-order valence-corrected chi connectivity index (χ2v) is 5.52. The third kappa shape index (κ3) is 4.93. The van der Waals surface area contributed by atoms with Gasteiger partial charge in [0.25, 0.3) is 0 Å². The first kappa shape index (κ1) is 16.7. The maximum atomic E-state index is 12.6. The first-order valence-electron chi connectivity index (χ1n) is 7.17. The van der Waals surface area contributed by atoms with Crippen LogP contribution in [0.3, 0.4) is 0 Å². The van der Waals surface area contributed by atoms with Crippen molar-refractivity contribution >= 4 is 17.5 Å². The van der Waals surface area contributed by atoms with Crippen LogP contribution in [0.15, 0.2) is 0 Å². The lowest BCUT2D eigenvalue weighted by atomic mass is 9.97. The van der Waals surface area contributed by atoms with Gasteiger partial charge in [-0.1, -0.05) is 6.92 Å². The van der Waals surface area contributed by atoms with Crippen LogP contribution >= 0.6 is 11.6 Å². The minimum Gasteiger partial charge on any atom is -0.378 e. The second-order valence-electron chi connectivity index (χ2n) is 5.14. The van der Waals surface area contributed by atoms with Crippen molar-refractivity contribution in [2.24, 2.45) is 5.92 Å². The first-order chi connectivity index (χ1) is 9.11. The molecule has 0 saturated carbocycles. The average molecular weight is 292 g/mol. The van der Waals surface area contributed by atoms with E-state index in [1.807, 2.05) is 18.7 Å². The Kier molecular flexibility index (Phi) is 7.73. The summed E-state index contributed by atoms with van der Waals surface area (Å²) in [6, 6.07) is 0.185. The molecule has 0 aromatic carbocycles. The summed E-state index contributed by atoms with van der Waals surface area (Å²) >= 11 is 5.56. The summed E-state index contributed by atoms with van der Waals surface area (Å²) < 4.78 is 11.0. The quantitative estimate of drug-likeness (QED) is 0.509. The fraction of sp³-hybridized carbons (Fsp3) is 0.929. The standard InChI is InChI=1S/C14H26ClNO3/c1-4-13-12(5-8-19-13)14(17)16(11(2)3)7-10-18-9-6-15/h11-13H,4-10H2,1-3H3. The van der Waals surface area contributed by atoms with Gasteiger partial charge in [0.2, 0.25) is 5.91 Å². The van der Waals surface area contributed by atoms with Gasteiger partial charge >= 0.3 is 0 Å². The van der Waals surface area contributed by atoms with Crippen LogP contribution < -0.4 is 0 Å². The molecule has 0 aromatic heterocycles. The molecule has 2 unspecified atom stereocenters. The minimum atomic E-state index is 0.0143. The van der Waals surface area contributed by atoms with Gasteiger partial charge in [0.15, 0.2) is 0 Å². The van der Waals surface area contributed by atoms with E-state index in [0.717, 1.165) is 12.8 Å². The zero-order valence-corrected chi connectivity index (χ0v) is 13.0. The molecule has 0 spiro atoms. The first-order valence-corrected chi connectivity index (χ1v) is 7.71. The molecule has 1 aliphatic rings. The molecule has 0 bridgehead atoms. The van der Waals surface area contributed by atoms with Crippen molar-refractivity contribution in [3.05, 3.63) is 0 Å². The maximum Gasteiger partial charge on any atom is 0.228 e. The molecule has 19 heavy (non-hydrogen) atoms. The van der Waals surface area contributed by atoms with Crippen LogP contribution in [-0.4, -0.2) is 55.2 Å². The number of alkyl halides is 1. The highest BCUT2D eigenvalue weighted by atomic mass is 35.5. The summed E-state index contributed by atoms with van der Waals surface area (Å²) in [6.45, 7) is 8.54. The predicted molar refractivity (Wildman–Crippen MR) is 76.5 cm³/mol. The molecule has 5 heteroatoms. The molecular weight excluding hydrogens is 266 g/mol. The van der Waals surface area contributed by atoms with Gasteiger partial charge in [-0.2, -0.15) is 0 Å². The van der Waals surface area contributed by atoms with E-state index in [2.05, 4.69) is 6.92 Å². The molecule has 1 fully saturated rings. The second kappa shape index (κ2) is 8.77. The summed E-state index contributed by atoms with van der Waals surface area (Å²) in [6.07, 6.45) is 1.81. The summed E-state index contributed by atoms with van der Waals surface area (Å²) in [5.74, 6) is 0.707. The highest BCUT2D eigenvalue weighted by molar-refractivity contribution is 6.17. The van der Waals surface area contributed by atoms with Crippen molar-refractivity contribution in [3.63, 3.8) is 0 Å². The molecule has 1 saturated heterocycles. The number of halogens is 1. The maximum absolute atomic E-state index is 12.6. The molecule has 4 nitrogen and oxygen atoms in total. The van der Waals surface area contributed by atoms with Gasteiger partial charge in [0.05, 0.1) is 25.2 Å². The van der Waals surface area contributed by atoms with Crippen molar-refractivity contribution in [2.75, 3.05) is 32.2 Å². The minimum absolute atomic E-state index is 0.0143. The van der Waals surface area contributed by atoms with Crippen LogP contribution in [0.2, 0.25) is 0 Å². The van der Waals surface area contributed by atoms with Gasteiger partial charge in [-0.15, -0.1) is 11.6 Å². The molecule has 112 valence electrons. The summed E-state index contributed by atoms with van der Waals surface area (Å²) in [7, 11) is 0. The van der Waals surface area contributed by atoms with Gasteiger partial charge in [-0.05, 0) is 26.7 Å². The monoisotopic (exact) mass is 291 g/mol. The topological polar surface area (TPSA) is 38.8 Å². The van der Waals surface area contributed by atoms with E-state index in [0.29, 0.717) is 32.2 Å². The van der Waals surface area contributed by atoms with E-state index in [9.17, 15) is 4.79 Å². The Balaban J connectivity index is 2.52. The lowest BCUT2D eigenvalue weighted by molar-refractivity contribution is -0.139. The van der Waals surface area contributed by atoms with Crippen molar-refractivity contribution in [3.8, 4) is 0 Å². The van der Waals surface area contributed by atoms with Crippen LogP contribution in [-0.2, 0) is 14.3 Å². The smallest absolute Gasteiger partial charge is 0.228 e. The van der Waals surface area contributed by atoms with Gasteiger partial charge in [-0.25, -0.2) is 0 Å². The van der Waals surface area contributed by atoms with Crippen molar-refractivity contribution < 1.29 is 14.3 Å². The zero-order chi connectivity index (χ0) is 14.3. The molecule has 0 aliphatic carbocycles. The highest BCUT2D eigenvalue weighted by Crippen LogP contribution is 2.26. The fourth-order valence-corrected chi connectivity index (χ4v) is 2.60. The Morgan fingerprint density at radius 3 is 2.79 bits per heavy atom. The molecule has 1 heterocycles. The summed E-state index contributed by atoms with van der Waals surface area (Å²) in [5, 5.41) is 0. The highest BCUT2D eigenvalue weighted by Gasteiger charge is 2.36. The molecule has 0 N–H and O–H groups in total. The van der Waals surface area contributed by atoms with E-state index < -0.39 is 0 Å². The number of nitrogens with zero attached hydrogens (tertiary/aromatic N) is 1. The average Bonchev–Trinajstić information content (AvgIpc) is 2.86. The number of hydrogen-bond donors (Lipinski definition) is 0. The Labute approximate surface area is 121 Å². The third-order valence-electron chi connectivity index (χ3n) is 3.53. The third-order valence-corrected chi connectivity index (χ3v) is 3.69. The predicted octanol–water partition coefficient (Wildman–Crippen LogP) is 2.29. The van der Waals surface area contributed by atoms with Crippen LogP contribution in [0.5, 0.6) is 0 Å². The van der Waals surface area contributed by atoms with Crippen LogP contribution in [0, 0.1) is 5.92 Å². The molecular formula is C14H26ClNO3. The Hall–Kier alpha value is -0.320. The van der Waals surface area contributed by atoms with Gasteiger partial charge in [0.1, 0.15) is 0 Å². The van der Waals surface area contributed by atoms with Crippen molar-refractivity contribution in [2.45, 2.75) is 45.8 Å². The van der Waals surface area contributed by atoms with E-state index in [-0.39, 0.29) is 24.0 Å². The van der Waals surface area contributed by atoms with Crippen LogP contribution in [0.4, 0.5) is 0 Å². The number of carbonyl (C=O) groups is 1. The van der Waals surface area contributed by atoms with Crippen LogP contribution in [0.1, 0.15) is 33.6 Å². The molecule has 2 atom stereocenters. The largest absolute Gasteiger partial charge is 0.378 e. The SMILES string of the molecule is CCC1OCCC1C(=O)N(CCOCCCl)C(C)C. The normalized spacial score (nSPS) is 23.0. The van der Waals surface area contributed by atoms with Gasteiger partial charge < -0.3 is 14.4 Å². The number of carbonyl (C=O) groups excluding carboxylic acids is 1. The van der Waals surface area contributed by atoms with Crippen molar-refractivity contribution in [1.82, 2.24) is 4.90 Å². The fourth-order valence-electron chi connectivity index (χ4n) is 2.49. The number of ether oxygens (including phenoxy) is 2. The van der Waals surface area contributed by atoms with Gasteiger partial charge in [-0.3, -0.25) is 4.79 Å². The number of amides is 1. The molecule has 0 radical (unpaired) electrons. The number of rotatable bonds is 8. The summed E-state index contributed by atoms with van der Waals surface area (Å²) in [5.41, 5.74) is 0. The lowest BCUT2D eigenvalue weighted by Crippen LogP contribution is -2.44. The Bertz CT molecular complexity index is 273. The number of hydrogen-bond acceptors (Lipinski definition) is 3. The summed E-state index contributed by atoms with van der Waals surface area (Å²) in [4.78, 5) is 14.5. The van der Waals surface area contributed by atoms with E-state index in [1.165, 1.54) is 0 Å². The molecule has 0 aromatic rings. The molecule has 1 rings (SSSR count). The molecule has 1 aliphatic heterocycles. The van der Waals surface area contributed by atoms with Gasteiger partial charge in [0, 0.05) is 25.1 Å². The lowest BCUT2D eigenvalue weighted by Gasteiger charge is -2.30. The molecule has 1 amide bonds. The van der Waals surface area contributed by atoms with E-state index in [4.69, 9.17) is 21.1 Å². The Morgan fingerprint density at radius 1 is 1.47 bits per heavy atom. The van der Waals surface area contributed by atoms with E-state index in [1.54, 1.807) is 0 Å². The zero-order valence-electron chi connectivity index (χ0n) is 12.2. The van der Waals surface area contributed by atoms with E-state index >= 15 is 0 Å². The van der Waals surface area contributed by atoms with Crippen LogP contribution in [0.25, 0.3) is 0 Å².